The molecule has 1 aliphatic carbocycles. The predicted molar refractivity (Wildman–Crippen MR) is 81.1 cm³/mol. The summed E-state index contributed by atoms with van der Waals surface area (Å²) in [5.74, 6) is 1.66. The molecule has 1 saturated carbocycles. The van der Waals surface area contributed by atoms with Crippen molar-refractivity contribution < 1.29 is 0 Å². The molecule has 0 bridgehead atoms. The van der Waals surface area contributed by atoms with Crippen LogP contribution >= 0.6 is 23.2 Å². The molecule has 1 aromatic carbocycles. The topological polar surface area (TPSA) is 17.8 Å². The van der Waals surface area contributed by atoms with Crippen molar-refractivity contribution in [2.75, 3.05) is 5.88 Å². The van der Waals surface area contributed by atoms with E-state index in [1.54, 1.807) is 0 Å². The zero-order chi connectivity index (χ0) is 13.5. The number of hydrogen-bond donors (Lipinski definition) is 0. The van der Waals surface area contributed by atoms with E-state index < -0.39 is 0 Å². The molecule has 0 radical (unpaired) electrons. The van der Waals surface area contributed by atoms with Gasteiger partial charge in [0.25, 0.3) is 0 Å². The van der Waals surface area contributed by atoms with Gasteiger partial charge in [0.15, 0.2) is 0 Å². The van der Waals surface area contributed by atoms with Crippen molar-refractivity contribution in [3.05, 3.63) is 29.0 Å². The average molecular weight is 297 g/mol. The van der Waals surface area contributed by atoms with Crippen molar-refractivity contribution in [3.63, 3.8) is 0 Å². The zero-order valence-corrected chi connectivity index (χ0v) is 12.6. The fraction of sp³-hybridized carbons (Fsp3) is 0.533. The minimum Gasteiger partial charge on any atom is -0.326 e. The second kappa shape index (κ2) is 4.99. The quantitative estimate of drug-likeness (QED) is 0.734. The van der Waals surface area contributed by atoms with E-state index >= 15 is 0 Å². The average Bonchev–Trinajstić information content (AvgIpc) is 3.09. The maximum Gasteiger partial charge on any atom is 0.111 e. The highest BCUT2D eigenvalue weighted by Gasteiger charge is 2.41. The van der Waals surface area contributed by atoms with Gasteiger partial charge in [-0.3, -0.25) is 0 Å². The standard InChI is InChI=1S/C15H18Cl2N2/c1-2-15(7-8-15)10-19-13(6-9-16)18-12-5-3-4-11(17)14(12)19/h3-5H,2,6-10H2,1H3. The second-order valence-electron chi connectivity index (χ2n) is 5.51. The van der Waals surface area contributed by atoms with Crippen LogP contribution in [0.2, 0.25) is 5.02 Å². The first-order valence-corrected chi connectivity index (χ1v) is 7.80. The van der Waals surface area contributed by atoms with E-state index in [9.17, 15) is 0 Å². The van der Waals surface area contributed by atoms with Crippen molar-refractivity contribution in [1.29, 1.82) is 0 Å². The summed E-state index contributed by atoms with van der Waals surface area (Å²) in [4.78, 5) is 4.70. The number of rotatable bonds is 5. The van der Waals surface area contributed by atoms with Crippen molar-refractivity contribution in [3.8, 4) is 0 Å². The maximum atomic E-state index is 6.37. The van der Waals surface area contributed by atoms with Gasteiger partial charge in [-0.1, -0.05) is 24.6 Å². The van der Waals surface area contributed by atoms with Crippen LogP contribution in [-0.2, 0) is 13.0 Å². The molecular formula is C15H18Cl2N2. The summed E-state index contributed by atoms with van der Waals surface area (Å²) in [7, 11) is 0. The number of fused-ring (bicyclic) bond motifs is 1. The van der Waals surface area contributed by atoms with E-state index in [-0.39, 0.29) is 0 Å². The van der Waals surface area contributed by atoms with Gasteiger partial charge in [0.05, 0.1) is 16.1 Å². The first kappa shape index (κ1) is 13.3. The van der Waals surface area contributed by atoms with Crippen LogP contribution in [0, 0.1) is 5.41 Å². The summed E-state index contributed by atoms with van der Waals surface area (Å²) in [6.45, 7) is 3.30. The molecule has 0 N–H and O–H groups in total. The van der Waals surface area contributed by atoms with Crippen LogP contribution in [0.15, 0.2) is 18.2 Å². The van der Waals surface area contributed by atoms with E-state index in [4.69, 9.17) is 28.2 Å². The maximum absolute atomic E-state index is 6.37. The second-order valence-corrected chi connectivity index (χ2v) is 6.30. The van der Waals surface area contributed by atoms with Gasteiger partial charge in [-0.25, -0.2) is 4.98 Å². The van der Waals surface area contributed by atoms with Crippen LogP contribution in [0.4, 0.5) is 0 Å². The van der Waals surface area contributed by atoms with Gasteiger partial charge < -0.3 is 4.57 Å². The molecule has 0 saturated heterocycles. The Morgan fingerprint density at radius 1 is 1.37 bits per heavy atom. The lowest BCUT2D eigenvalue weighted by Gasteiger charge is -2.16. The molecule has 0 aliphatic heterocycles. The molecule has 0 unspecified atom stereocenters. The Balaban J connectivity index is 2.10. The number of aromatic nitrogens is 2. The van der Waals surface area contributed by atoms with E-state index in [2.05, 4.69) is 11.5 Å². The third-order valence-corrected chi connectivity index (χ3v) is 4.81. The van der Waals surface area contributed by atoms with Gasteiger partial charge in [0.1, 0.15) is 5.82 Å². The summed E-state index contributed by atoms with van der Waals surface area (Å²) in [5, 5.41) is 0.790. The Bertz CT molecular complexity index is 599. The fourth-order valence-electron chi connectivity index (χ4n) is 2.77. The number of para-hydroxylation sites is 1. The monoisotopic (exact) mass is 296 g/mol. The van der Waals surface area contributed by atoms with Crippen LogP contribution < -0.4 is 0 Å². The third-order valence-electron chi connectivity index (χ3n) is 4.32. The van der Waals surface area contributed by atoms with E-state index in [0.717, 1.165) is 34.8 Å². The summed E-state index contributed by atoms with van der Waals surface area (Å²) < 4.78 is 2.30. The number of imidazole rings is 1. The molecule has 1 aliphatic rings. The first-order valence-electron chi connectivity index (χ1n) is 6.89. The molecular weight excluding hydrogens is 279 g/mol. The minimum atomic E-state index is 0.466. The molecule has 2 nitrogen and oxygen atoms in total. The summed E-state index contributed by atoms with van der Waals surface area (Å²) in [5.41, 5.74) is 2.52. The molecule has 2 aromatic rings. The van der Waals surface area contributed by atoms with Crippen molar-refractivity contribution in [2.24, 2.45) is 5.41 Å². The highest BCUT2D eigenvalue weighted by atomic mass is 35.5. The highest BCUT2D eigenvalue weighted by molar-refractivity contribution is 6.35. The number of nitrogens with zero attached hydrogens (tertiary/aromatic N) is 2. The Morgan fingerprint density at radius 2 is 2.16 bits per heavy atom. The number of hydrogen-bond acceptors (Lipinski definition) is 1. The molecule has 1 fully saturated rings. The predicted octanol–water partition coefficient (Wildman–Crippen LogP) is 4.66. The molecule has 1 aromatic heterocycles. The first-order chi connectivity index (χ1) is 9.19. The Morgan fingerprint density at radius 3 is 2.79 bits per heavy atom. The largest absolute Gasteiger partial charge is 0.326 e. The van der Waals surface area contributed by atoms with Crippen molar-refractivity contribution >= 4 is 34.2 Å². The number of alkyl halides is 1. The SMILES string of the molecule is CCC1(Cn2c(CCCl)nc3cccc(Cl)c32)CC1. The Labute approximate surface area is 123 Å². The van der Waals surface area contributed by atoms with Gasteiger partial charge in [0.2, 0.25) is 0 Å². The lowest BCUT2D eigenvalue weighted by atomic mass is 10.0. The Hall–Kier alpha value is -0.730. The molecule has 1 heterocycles. The minimum absolute atomic E-state index is 0.466. The lowest BCUT2D eigenvalue weighted by Crippen LogP contribution is -2.14. The zero-order valence-electron chi connectivity index (χ0n) is 11.1. The van der Waals surface area contributed by atoms with Gasteiger partial charge in [-0.15, -0.1) is 11.6 Å². The summed E-state index contributed by atoms with van der Waals surface area (Å²) in [6, 6.07) is 5.93. The normalized spacial score (nSPS) is 17.0. The third kappa shape index (κ3) is 2.36. The van der Waals surface area contributed by atoms with Gasteiger partial charge in [-0.05, 0) is 36.8 Å². The van der Waals surface area contributed by atoms with Crippen LogP contribution in [-0.4, -0.2) is 15.4 Å². The molecule has 0 spiro atoms. The number of benzene rings is 1. The molecule has 19 heavy (non-hydrogen) atoms. The van der Waals surface area contributed by atoms with Gasteiger partial charge in [0, 0.05) is 18.8 Å². The number of halogens is 2. The van der Waals surface area contributed by atoms with Crippen LogP contribution in [0.25, 0.3) is 11.0 Å². The van der Waals surface area contributed by atoms with Crippen molar-refractivity contribution in [1.82, 2.24) is 9.55 Å². The van der Waals surface area contributed by atoms with E-state index in [0.29, 0.717) is 11.3 Å². The highest BCUT2D eigenvalue weighted by Crippen LogP contribution is 2.50. The van der Waals surface area contributed by atoms with Crippen LogP contribution in [0.3, 0.4) is 0 Å². The lowest BCUT2D eigenvalue weighted by molar-refractivity contribution is 0.408. The summed E-state index contributed by atoms with van der Waals surface area (Å²) in [6.07, 6.45) is 4.64. The molecule has 4 heteroatoms. The van der Waals surface area contributed by atoms with Crippen molar-refractivity contribution in [2.45, 2.75) is 39.2 Å². The Kier molecular flexibility index (Phi) is 3.48. The molecule has 0 amide bonds. The fourth-order valence-corrected chi connectivity index (χ4v) is 3.21. The molecule has 0 atom stereocenters. The van der Waals surface area contributed by atoms with E-state index in [1.807, 2.05) is 18.2 Å². The van der Waals surface area contributed by atoms with Gasteiger partial charge in [-0.2, -0.15) is 0 Å². The van der Waals surface area contributed by atoms with Crippen LogP contribution in [0.1, 0.15) is 32.0 Å². The summed E-state index contributed by atoms with van der Waals surface area (Å²) >= 11 is 12.3. The molecule has 102 valence electrons. The molecule has 3 rings (SSSR count). The van der Waals surface area contributed by atoms with Crippen LogP contribution in [0.5, 0.6) is 0 Å². The number of aryl methyl sites for hydroxylation is 1. The smallest absolute Gasteiger partial charge is 0.111 e. The van der Waals surface area contributed by atoms with E-state index in [1.165, 1.54) is 19.3 Å². The van der Waals surface area contributed by atoms with Gasteiger partial charge >= 0.3 is 0 Å².